The molecule has 3 heterocycles. The SMILES string of the molecule is Cc1ccc(CN2CCCCC2)cc1-n1sc2ncccc2c1=O. The van der Waals surface area contributed by atoms with Gasteiger partial charge in [0.05, 0.1) is 11.1 Å². The minimum atomic E-state index is 0.0290. The number of hydrogen-bond acceptors (Lipinski definition) is 4. The van der Waals surface area contributed by atoms with Gasteiger partial charge in [0.25, 0.3) is 5.56 Å². The smallest absolute Gasteiger partial charge is 0.274 e. The third-order valence-electron chi connectivity index (χ3n) is 4.71. The first-order valence-electron chi connectivity index (χ1n) is 8.52. The van der Waals surface area contributed by atoms with Crippen LogP contribution in [0, 0.1) is 6.92 Å². The Labute approximate surface area is 145 Å². The Bertz CT molecular complexity index is 922. The number of piperidine rings is 1. The Morgan fingerprint density at radius 3 is 2.79 bits per heavy atom. The summed E-state index contributed by atoms with van der Waals surface area (Å²) >= 11 is 1.43. The Hall–Kier alpha value is -1.98. The first-order chi connectivity index (χ1) is 11.7. The third kappa shape index (κ3) is 2.89. The van der Waals surface area contributed by atoms with Crippen LogP contribution in [-0.2, 0) is 6.54 Å². The van der Waals surface area contributed by atoms with E-state index in [9.17, 15) is 4.79 Å². The predicted molar refractivity (Wildman–Crippen MR) is 99.1 cm³/mol. The maximum atomic E-state index is 12.7. The van der Waals surface area contributed by atoms with Crippen molar-refractivity contribution in [3.05, 3.63) is 58.0 Å². The van der Waals surface area contributed by atoms with Crippen molar-refractivity contribution in [2.45, 2.75) is 32.7 Å². The summed E-state index contributed by atoms with van der Waals surface area (Å²) in [5.41, 5.74) is 3.40. The Morgan fingerprint density at radius 1 is 1.17 bits per heavy atom. The predicted octanol–water partition coefficient (Wildman–Crippen LogP) is 3.74. The molecule has 3 aromatic rings. The highest BCUT2D eigenvalue weighted by atomic mass is 32.1. The molecule has 0 atom stereocenters. The summed E-state index contributed by atoms with van der Waals surface area (Å²) < 4.78 is 1.78. The van der Waals surface area contributed by atoms with E-state index in [-0.39, 0.29) is 5.56 Å². The minimum absolute atomic E-state index is 0.0290. The van der Waals surface area contributed by atoms with Crippen LogP contribution in [0.2, 0.25) is 0 Å². The van der Waals surface area contributed by atoms with Crippen molar-refractivity contribution in [2.24, 2.45) is 0 Å². The Kier molecular flexibility index (Phi) is 4.21. The zero-order chi connectivity index (χ0) is 16.5. The minimum Gasteiger partial charge on any atom is -0.299 e. The molecule has 0 unspecified atom stereocenters. The topological polar surface area (TPSA) is 38.1 Å². The molecule has 1 saturated heterocycles. The molecule has 1 aliphatic heterocycles. The molecule has 0 radical (unpaired) electrons. The van der Waals surface area contributed by atoms with E-state index in [0.717, 1.165) is 22.6 Å². The van der Waals surface area contributed by atoms with Gasteiger partial charge >= 0.3 is 0 Å². The lowest BCUT2D eigenvalue weighted by Gasteiger charge is -2.26. The quantitative estimate of drug-likeness (QED) is 0.729. The summed E-state index contributed by atoms with van der Waals surface area (Å²) in [7, 11) is 0. The summed E-state index contributed by atoms with van der Waals surface area (Å²) in [6, 6.07) is 10.1. The first kappa shape index (κ1) is 15.5. The van der Waals surface area contributed by atoms with Crippen molar-refractivity contribution in [3.8, 4) is 5.69 Å². The molecule has 1 aromatic carbocycles. The fraction of sp³-hybridized carbons (Fsp3) is 0.368. The van der Waals surface area contributed by atoms with Gasteiger partial charge in [-0.15, -0.1) is 0 Å². The number of likely N-dealkylation sites (tertiary alicyclic amines) is 1. The van der Waals surface area contributed by atoms with Gasteiger partial charge in [-0.25, -0.2) is 8.94 Å². The Morgan fingerprint density at radius 2 is 2.00 bits per heavy atom. The maximum Gasteiger partial charge on any atom is 0.274 e. The standard InChI is InChI=1S/C19H21N3OS/c1-14-7-8-15(13-21-10-3-2-4-11-21)12-17(14)22-19(23)16-6-5-9-20-18(16)24-22/h5-9,12H,2-4,10-11,13H2,1H3. The first-order valence-corrected chi connectivity index (χ1v) is 9.29. The lowest BCUT2D eigenvalue weighted by molar-refractivity contribution is 0.221. The van der Waals surface area contributed by atoms with Gasteiger partial charge in [0.15, 0.2) is 0 Å². The number of hydrogen-bond donors (Lipinski definition) is 0. The molecular formula is C19H21N3OS. The molecule has 24 heavy (non-hydrogen) atoms. The van der Waals surface area contributed by atoms with E-state index in [4.69, 9.17) is 0 Å². The number of aryl methyl sites for hydroxylation is 1. The van der Waals surface area contributed by atoms with E-state index in [0.29, 0.717) is 5.39 Å². The van der Waals surface area contributed by atoms with E-state index < -0.39 is 0 Å². The van der Waals surface area contributed by atoms with Crippen molar-refractivity contribution in [3.63, 3.8) is 0 Å². The number of aromatic nitrogens is 2. The average molecular weight is 339 g/mol. The third-order valence-corrected chi connectivity index (χ3v) is 5.75. The molecule has 4 rings (SSSR count). The fourth-order valence-electron chi connectivity index (χ4n) is 3.37. The number of fused-ring (bicyclic) bond motifs is 1. The van der Waals surface area contributed by atoms with Crippen LogP contribution in [0.5, 0.6) is 0 Å². The van der Waals surface area contributed by atoms with Crippen LogP contribution >= 0.6 is 11.5 Å². The molecule has 0 spiro atoms. The van der Waals surface area contributed by atoms with Crippen LogP contribution in [-0.4, -0.2) is 26.9 Å². The number of rotatable bonds is 3. The van der Waals surface area contributed by atoms with Gasteiger partial charge in [0.2, 0.25) is 0 Å². The molecule has 0 aliphatic carbocycles. The zero-order valence-electron chi connectivity index (χ0n) is 13.9. The second-order valence-electron chi connectivity index (χ2n) is 6.50. The highest BCUT2D eigenvalue weighted by molar-refractivity contribution is 7.13. The molecule has 0 bridgehead atoms. The monoisotopic (exact) mass is 339 g/mol. The van der Waals surface area contributed by atoms with Gasteiger partial charge in [0, 0.05) is 12.7 Å². The molecule has 2 aromatic heterocycles. The van der Waals surface area contributed by atoms with E-state index >= 15 is 0 Å². The molecule has 124 valence electrons. The van der Waals surface area contributed by atoms with Crippen LogP contribution in [0.3, 0.4) is 0 Å². The summed E-state index contributed by atoms with van der Waals surface area (Å²) in [6.07, 6.45) is 5.67. The van der Waals surface area contributed by atoms with E-state index in [2.05, 4.69) is 35.0 Å². The van der Waals surface area contributed by atoms with E-state index in [1.165, 1.54) is 49.4 Å². The number of pyridine rings is 1. The van der Waals surface area contributed by atoms with Crippen LogP contribution < -0.4 is 5.56 Å². The zero-order valence-corrected chi connectivity index (χ0v) is 14.7. The van der Waals surface area contributed by atoms with Gasteiger partial charge < -0.3 is 0 Å². The van der Waals surface area contributed by atoms with Crippen molar-refractivity contribution in [1.29, 1.82) is 0 Å². The van der Waals surface area contributed by atoms with Gasteiger partial charge in [0.1, 0.15) is 4.83 Å². The Balaban J connectivity index is 1.72. The highest BCUT2D eigenvalue weighted by Gasteiger charge is 2.14. The van der Waals surface area contributed by atoms with Crippen LogP contribution in [0.25, 0.3) is 15.9 Å². The number of nitrogens with zero attached hydrogens (tertiary/aromatic N) is 3. The molecule has 0 amide bonds. The summed E-state index contributed by atoms with van der Waals surface area (Å²) in [4.78, 5) is 20.3. The lowest BCUT2D eigenvalue weighted by Crippen LogP contribution is -2.29. The second kappa shape index (κ2) is 6.49. The van der Waals surface area contributed by atoms with E-state index in [1.54, 1.807) is 10.2 Å². The van der Waals surface area contributed by atoms with Crippen LogP contribution in [0.1, 0.15) is 30.4 Å². The normalized spacial score (nSPS) is 15.9. The molecular weight excluding hydrogens is 318 g/mol. The average Bonchev–Trinajstić information content (AvgIpc) is 2.95. The van der Waals surface area contributed by atoms with Crippen molar-refractivity contribution >= 4 is 21.7 Å². The summed E-state index contributed by atoms with van der Waals surface area (Å²) in [5.74, 6) is 0. The number of benzene rings is 1. The molecule has 4 nitrogen and oxygen atoms in total. The van der Waals surface area contributed by atoms with E-state index in [1.807, 2.05) is 12.1 Å². The van der Waals surface area contributed by atoms with Crippen molar-refractivity contribution < 1.29 is 0 Å². The molecule has 0 saturated carbocycles. The highest BCUT2D eigenvalue weighted by Crippen LogP contribution is 2.23. The largest absolute Gasteiger partial charge is 0.299 e. The molecule has 1 aliphatic rings. The molecule has 5 heteroatoms. The fourth-order valence-corrected chi connectivity index (χ4v) is 4.38. The molecule has 0 N–H and O–H groups in total. The van der Waals surface area contributed by atoms with Gasteiger partial charge in [-0.2, -0.15) is 0 Å². The lowest BCUT2D eigenvalue weighted by atomic mass is 10.1. The summed E-state index contributed by atoms with van der Waals surface area (Å²) in [5, 5.41) is 0.698. The van der Waals surface area contributed by atoms with Gasteiger partial charge in [-0.3, -0.25) is 9.69 Å². The maximum absolute atomic E-state index is 12.7. The second-order valence-corrected chi connectivity index (χ2v) is 7.44. The van der Waals surface area contributed by atoms with Crippen LogP contribution in [0.15, 0.2) is 41.3 Å². The van der Waals surface area contributed by atoms with Gasteiger partial charge in [-0.1, -0.05) is 18.6 Å². The van der Waals surface area contributed by atoms with Gasteiger partial charge in [-0.05, 0) is 73.7 Å². The molecule has 1 fully saturated rings. The van der Waals surface area contributed by atoms with Crippen LogP contribution in [0.4, 0.5) is 0 Å². The van der Waals surface area contributed by atoms with Crippen molar-refractivity contribution in [2.75, 3.05) is 13.1 Å². The summed E-state index contributed by atoms with van der Waals surface area (Å²) in [6.45, 7) is 5.38. The van der Waals surface area contributed by atoms with Crippen molar-refractivity contribution in [1.82, 2.24) is 13.8 Å².